The average molecular weight is 471 g/mol. The summed E-state index contributed by atoms with van der Waals surface area (Å²) < 4.78 is 1.15. The summed E-state index contributed by atoms with van der Waals surface area (Å²) >= 11 is 5.22. The minimum absolute atomic E-state index is 0.0693. The van der Waals surface area contributed by atoms with Crippen LogP contribution < -0.4 is 0 Å². The molecule has 0 fully saturated rings. The number of phenolic OH excluding ortho intramolecular Hbond substituents is 1. The number of phenols is 1. The van der Waals surface area contributed by atoms with Crippen LogP contribution in [0.2, 0.25) is 0 Å². The summed E-state index contributed by atoms with van der Waals surface area (Å²) in [4.78, 5) is 10.3. The molecule has 0 atom stereocenters. The number of halogens is 2. The van der Waals surface area contributed by atoms with Crippen molar-refractivity contribution in [1.82, 2.24) is 0 Å². The number of allylic oxidation sites excluding steroid dienone is 1. The fourth-order valence-electron chi connectivity index (χ4n) is 1.80. The normalized spacial score (nSPS) is 11.0. The molecule has 0 saturated heterocycles. The summed E-state index contributed by atoms with van der Waals surface area (Å²) in [5.74, 6) is 0.131. The first kappa shape index (κ1) is 16.5. The van der Waals surface area contributed by atoms with Crippen LogP contribution in [0.25, 0.3) is 11.6 Å². The SMILES string of the molecule is N#CC(=Cc1cc(Br)c(O)c(I)c1)c1cccc([N+](=O)[O-])c1. The zero-order valence-corrected chi connectivity index (χ0v) is 14.7. The van der Waals surface area contributed by atoms with Gasteiger partial charge in [-0.1, -0.05) is 12.1 Å². The largest absolute Gasteiger partial charge is 0.506 e. The molecule has 2 aromatic rings. The number of nitrogens with zero attached hydrogens (tertiary/aromatic N) is 2. The molecule has 1 N–H and O–H groups in total. The predicted molar refractivity (Wildman–Crippen MR) is 95.1 cm³/mol. The van der Waals surface area contributed by atoms with Crippen molar-refractivity contribution in [3.63, 3.8) is 0 Å². The van der Waals surface area contributed by atoms with Gasteiger partial charge in [0.25, 0.3) is 5.69 Å². The van der Waals surface area contributed by atoms with Gasteiger partial charge in [-0.25, -0.2) is 0 Å². The fraction of sp³-hybridized carbons (Fsp3) is 0. The van der Waals surface area contributed by atoms with Crippen molar-refractivity contribution in [3.8, 4) is 11.8 Å². The summed E-state index contributed by atoms with van der Waals surface area (Å²) in [6.07, 6.45) is 1.62. The summed E-state index contributed by atoms with van der Waals surface area (Å²) in [6.45, 7) is 0. The summed E-state index contributed by atoms with van der Waals surface area (Å²) in [5, 5.41) is 29.9. The third-order valence-corrected chi connectivity index (χ3v) is 4.27. The second kappa shape index (κ2) is 6.89. The lowest BCUT2D eigenvalue weighted by Crippen LogP contribution is -1.90. The highest BCUT2D eigenvalue weighted by atomic mass is 127. The number of benzene rings is 2. The molecule has 0 aromatic heterocycles. The minimum Gasteiger partial charge on any atom is -0.506 e. The molecule has 2 aromatic carbocycles. The van der Waals surface area contributed by atoms with Crippen LogP contribution in [-0.4, -0.2) is 10.0 Å². The van der Waals surface area contributed by atoms with Crippen molar-refractivity contribution in [3.05, 3.63) is 65.7 Å². The van der Waals surface area contributed by atoms with Gasteiger partial charge >= 0.3 is 0 Å². The maximum absolute atomic E-state index is 10.8. The quantitative estimate of drug-likeness (QED) is 0.231. The highest BCUT2D eigenvalue weighted by Crippen LogP contribution is 2.32. The molecule has 0 aliphatic heterocycles. The van der Waals surface area contributed by atoms with E-state index in [1.165, 1.54) is 18.2 Å². The second-order valence-electron chi connectivity index (χ2n) is 4.31. The van der Waals surface area contributed by atoms with Crippen molar-refractivity contribution in [2.75, 3.05) is 0 Å². The monoisotopic (exact) mass is 470 g/mol. The highest BCUT2D eigenvalue weighted by Gasteiger charge is 2.10. The molecule has 0 heterocycles. The second-order valence-corrected chi connectivity index (χ2v) is 6.33. The Labute approximate surface area is 148 Å². The van der Waals surface area contributed by atoms with Crippen molar-refractivity contribution in [2.45, 2.75) is 0 Å². The van der Waals surface area contributed by atoms with Crippen LogP contribution >= 0.6 is 38.5 Å². The Balaban J connectivity index is 2.51. The van der Waals surface area contributed by atoms with Gasteiger partial charge in [0.05, 0.1) is 24.6 Å². The van der Waals surface area contributed by atoms with Gasteiger partial charge in [-0.3, -0.25) is 10.1 Å². The third kappa shape index (κ3) is 3.64. The number of nitro benzene ring substituents is 1. The topological polar surface area (TPSA) is 87.2 Å². The molecule has 22 heavy (non-hydrogen) atoms. The van der Waals surface area contributed by atoms with E-state index in [1.807, 2.05) is 28.7 Å². The molecule has 0 unspecified atom stereocenters. The van der Waals surface area contributed by atoms with Crippen molar-refractivity contribution >= 4 is 55.9 Å². The Bertz CT molecular complexity index is 805. The van der Waals surface area contributed by atoms with Crippen LogP contribution in [0.15, 0.2) is 40.9 Å². The van der Waals surface area contributed by atoms with Gasteiger partial charge in [-0.05, 0) is 67.9 Å². The molecular formula is C15H8BrIN2O3. The van der Waals surface area contributed by atoms with Crippen molar-refractivity contribution in [2.24, 2.45) is 0 Å². The van der Waals surface area contributed by atoms with Gasteiger partial charge in [0.2, 0.25) is 0 Å². The Morgan fingerprint density at radius 1 is 1.41 bits per heavy atom. The number of rotatable bonds is 3. The molecular weight excluding hydrogens is 463 g/mol. The van der Waals surface area contributed by atoms with E-state index in [-0.39, 0.29) is 11.4 Å². The van der Waals surface area contributed by atoms with Crippen LogP contribution in [0.3, 0.4) is 0 Å². The van der Waals surface area contributed by atoms with Gasteiger partial charge in [-0.2, -0.15) is 5.26 Å². The molecule has 0 spiro atoms. The number of aromatic hydroxyl groups is 1. The zero-order chi connectivity index (χ0) is 16.3. The van der Waals surface area contributed by atoms with E-state index in [9.17, 15) is 20.5 Å². The molecule has 7 heteroatoms. The van der Waals surface area contributed by atoms with Crippen molar-refractivity contribution < 1.29 is 10.0 Å². The maximum atomic E-state index is 10.8. The van der Waals surface area contributed by atoms with E-state index < -0.39 is 4.92 Å². The highest BCUT2D eigenvalue weighted by molar-refractivity contribution is 14.1. The Morgan fingerprint density at radius 2 is 2.14 bits per heavy atom. The third-order valence-electron chi connectivity index (χ3n) is 2.84. The lowest BCUT2D eigenvalue weighted by Gasteiger charge is -2.04. The van der Waals surface area contributed by atoms with E-state index in [4.69, 9.17) is 0 Å². The van der Waals surface area contributed by atoms with Crippen LogP contribution in [0.1, 0.15) is 11.1 Å². The van der Waals surface area contributed by atoms with Gasteiger partial charge in [-0.15, -0.1) is 0 Å². The summed E-state index contributed by atoms with van der Waals surface area (Å²) in [5.41, 5.74) is 1.41. The van der Waals surface area contributed by atoms with Crippen LogP contribution in [0, 0.1) is 25.0 Å². The first-order chi connectivity index (χ1) is 10.4. The summed E-state index contributed by atoms with van der Waals surface area (Å²) in [6, 6.07) is 11.3. The lowest BCUT2D eigenvalue weighted by molar-refractivity contribution is -0.384. The lowest BCUT2D eigenvalue weighted by atomic mass is 10.0. The van der Waals surface area contributed by atoms with Crippen LogP contribution in [-0.2, 0) is 0 Å². The van der Waals surface area contributed by atoms with E-state index in [0.717, 1.165) is 0 Å². The molecule has 0 bridgehead atoms. The minimum atomic E-state index is -0.501. The number of nitro groups is 1. The molecule has 0 aliphatic rings. The molecule has 0 radical (unpaired) electrons. The van der Waals surface area contributed by atoms with E-state index >= 15 is 0 Å². The molecule has 0 amide bonds. The first-order valence-electron chi connectivity index (χ1n) is 5.97. The molecule has 5 nitrogen and oxygen atoms in total. The van der Waals surface area contributed by atoms with Crippen LogP contribution in [0.4, 0.5) is 5.69 Å². The fourth-order valence-corrected chi connectivity index (χ4v) is 3.30. The first-order valence-corrected chi connectivity index (χ1v) is 7.84. The van der Waals surface area contributed by atoms with Gasteiger partial charge in [0.15, 0.2) is 0 Å². The van der Waals surface area contributed by atoms with Gasteiger partial charge < -0.3 is 5.11 Å². The Kier molecular flexibility index (Phi) is 5.15. The smallest absolute Gasteiger partial charge is 0.270 e. The van der Waals surface area contributed by atoms with Gasteiger partial charge in [0, 0.05) is 12.1 Å². The number of non-ortho nitro benzene ring substituents is 1. The van der Waals surface area contributed by atoms with E-state index in [0.29, 0.717) is 24.7 Å². The van der Waals surface area contributed by atoms with E-state index in [2.05, 4.69) is 15.9 Å². The number of hydrogen-bond donors (Lipinski definition) is 1. The number of hydrogen-bond acceptors (Lipinski definition) is 4. The molecule has 2 rings (SSSR count). The Morgan fingerprint density at radius 3 is 2.73 bits per heavy atom. The molecule has 0 aliphatic carbocycles. The average Bonchev–Trinajstić information content (AvgIpc) is 2.50. The molecule has 110 valence electrons. The van der Waals surface area contributed by atoms with Crippen LogP contribution in [0.5, 0.6) is 5.75 Å². The maximum Gasteiger partial charge on any atom is 0.270 e. The standard InChI is InChI=1S/C15H8BrIN2O3/c16-13-5-9(6-14(17)15(13)20)4-11(8-18)10-2-1-3-12(7-10)19(21)22/h1-7,20H. The van der Waals surface area contributed by atoms with E-state index in [1.54, 1.807) is 24.3 Å². The predicted octanol–water partition coefficient (Wildman–Crippen LogP) is 4.73. The van der Waals surface area contributed by atoms with Crippen molar-refractivity contribution in [1.29, 1.82) is 5.26 Å². The number of nitriles is 1. The molecule has 0 saturated carbocycles. The van der Waals surface area contributed by atoms with Gasteiger partial charge in [0.1, 0.15) is 5.75 Å². The Hall–Kier alpha value is -1.92. The zero-order valence-electron chi connectivity index (χ0n) is 11.0. The summed E-state index contributed by atoms with van der Waals surface area (Å²) in [7, 11) is 0.